The summed E-state index contributed by atoms with van der Waals surface area (Å²) < 4.78 is 1.80. The highest BCUT2D eigenvalue weighted by Gasteiger charge is 2.22. The fourth-order valence-corrected chi connectivity index (χ4v) is 3.42. The molecule has 152 valence electrons. The summed E-state index contributed by atoms with van der Waals surface area (Å²) in [5.41, 5.74) is 3.69. The van der Waals surface area contributed by atoms with Gasteiger partial charge in [-0.05, 0) is 31.0 Å². The van der Waals surface area contributed by atoms with Crippen molar-refractivity contribution >= 4 is 18.0 Å². The van der Waals surface area contributed by atoms with Gasteiger partial charge in [0.1, 0.15) is 0 Å². The Morgan fingerprint density at radius 2 is 2.03 bits per heavy atom. The van der Waals surface area contributed by atoms with E-state index in [0.29, 0.717) is 5.56 Å². The van der Waals surface area contributed by atoms with Crippen molar-refractivity contribution in [2.24, 2.45) is 0 Å². The number of aryl methyl sites for hydroxylation is 1. The molecule has 3 aromatic heterocycles. The van der Waals surface area contributed by atoms with Crippen molar-refractivity contribution in [1.29, 1.82) is 0 Å². The lowest BCUT2D eigenvalue weighted by Crippen LogP contribution is -2.35. The Kier molecular flexibility index (Phi) is 6.85. The van der Waals surface area contributed by atoms with Crippen molar-refractivity contribution in [1.82, 2.24) is 29.4 Å². The Hall–Kier alpha value is -3.33. The third kappa shape index (κ3) is 4.94. The summed E-state index contributed by atoms with van der Waals surface area (Å²) in [4.78, 5) is 34.0. The molecule has 0 unspecified atom stereocenters. The van der Waals surface area contributed by atoms with Crippen LogP contribution in [0.2, 0.25) is 0 Å². The zero-order chi connectivity index (χ0) is 20.6. The van der Waals surface area contributed by atoms with E-state index in [1.807, 2.05) is 36.4 Å². The Bertz CT molecular complexity index is 974. The molecule has 1 aliphatic rings. The second kappa shape index (κ2) is 9.74. The molecule has 1 saturated heterocycles. The quantitative estimate of drug-likeness (QED) is 0.669. The highest BCUT2D eigenvalue weighted by Crippen LogP contribution is 2.15. The third-order valence-corrected chi connectivity index (χ3v) is 4.89. The van der Waals surface area contributed by atoms with E-state index in [9.17, 15) is 4.79 Å². The number of carboxylic acid groups (broad SMARTS) is 1. The van der Waals surface area contributed by atoms with Crippen LogP contribution >= 0.6 is 0 Å². The first kappa shape index (κ1) is 20.4. The van der Waals surface area contributed by atoms with Gasteiger partial charge in [0.2, 0.25) is 0 Å². The van der Waals surface area contributed by atoms with E-state index in [4.69, 9.17) is 9.90 Å². The maximum Gasteiger partial charge on any atom is 0.290 e. The lowest BCUT2D eigenvalue weighted by atomic mass is 10.1. The molecular formula is C20H24N6O3. The van der Waals surface area contributed by atoms with Crippen molar-refractivity contribution in [3.8, 4) is 0 Å². The molecular weight excluding hydrogens is 372 g/mol. The van der Waals surface area contributed by atoms with Gasteiger partial charge < -0.3 is 10.0 Å². The highest BCUT2D eigenvalue weighted by atomic mass is 16.3. The third-order valence-electron chi connectivity index (χ3n) is 4.89. The molecule has 0 spiro atoms. The van der Waals surface area contributed by atoms with Crippen LogP contribution in [0.1, 0.15) is 27.9 Å². The summed E-state index contributed by atoms with van der Waals surface area (Å²) in [7, 11) is 0. The van der Waals surface area contributed by atoms with Crippen LogP contribution in [0.4, 0.5) is 0 Å². The molecule has 9 nitrogen and oxygen atoms in total. The predicted octanol–water partition coefficient (Wildman–Crippen LogP) is 1.48. The molecule has 29 heavy (non-hydrogen) atoms. The number of nitrogens with zero attached hydrogens (tertiary/aromatic N) is 6. The van der Waals surface area contributed by atoms with Gasteiger partial charge in [-0.1, -0.05) is 0 Å². The van der Waals surface area contributed by atoms with Crippen molar-refractivity contribution in [2.45, 2.75) is 19.9 Å². The second-order valence-electron chi connectivity index (χ2n) is 6.78. The number of pyridine rings is 1. The van der Waals surface area contributed by atoms with Gasteiger partial charge in [0.25, 0.3) is 12.4 Å². The van der Waals surface area contributed by atoms with E-state index in [-0.39, 0.29) is 12.4 Å². The van der Waals surface area contributed by atoms with Gasteiger partial charge in [-0.2, -0.15) is 5.10 Å². The number of aromatic nitrogens is 4. The van der Waals surface area contributed by atoms with E-state index in [1.165, 1.54) is 0 Å². The number of hydrogen-bond donors (Lipinski definition) is 1. The first-order chi connectivity index (χ1) is 14.1. The molecule has 0 saturated carbocycles. The lowest BCUT2D eigenvalue weighted by molar-refractivity contribution is -0.122. The van der Waals surface area contributed by atoms with Crippen LogP contribution in [0.15, 0.2) is 43.1 Å². The van der Waals surface area contributed by atoms with Gasteiger partial charge in [-0.3, -0.25) is 19.5 Å². The molecule has 9 heteroatoms. The number of hydrogen-bond acceptors (Lipinski definition) is 6. The highest BCUT2D eigenvalue weighted by molar-refractivity contribution is 5.95. The van der Waals surface area contributed by atoms with Crippen LogP contribution in [0.5, 0.6) is 0 Å². The fourth-order valence-electron chi connectivity index (χ4n) is 3.42. The minimum absolute atomic E-state index is 0.0788. The average Bonchev–Trinajstić information content (AvgIpc) is 2.98. The van der Waals surface area contributed by atoms with Gasteiger partial charge in [0.05, 0.1) is 11.8 Å². The standard InChI is InChI=1S/C19H22N6O.CH2O2/c1-15-4-6-20-13-17(15)19(26)24-8-3-7-23(10-11-24)14-16-12-22-25-9-2-5-21-18(16)25;2-1-3/h2,4-6,9,12-13H,3,7-8,10-11,14H2,1H3;1H,(H,2,3). The van der Waals surface area contributed by atoms with Crippen LogP contribution in [-0.4, -0.2) is 73.0 Å². The Labute approximate surface area is 168 Å². The van der Waals surface area contributed by atoms with Crippen molar-refractivity contribution in [2.75, 3.05) is 26.2 Å². The normalized spacial score (nSPS) is 14.7. The number of rotatable bonds is 3. The van der Waals surface area contributed by atoms with E-state index >= 15 is 0 Å². The number of amides is 1. The molecule has 1 fully saturated rings. The maximum absolute atomic E-state index is 12.8. The first-order valence-corrected chi connectivity index (χ1v) is 9.41. The topological polar surface area (TPSA) is 104 Å². The van der Waals surface area contributed by atoms with Crippen molar-refractivity contribution in [3.63, 3.8) is 0 Å². The van der Waals surface area contributed by atoms with Gasteiger partial charge in [-0.15, -0.1) is 0 Å². The summed E-state index contributed by atoms with van der Waals surface area (Å²) in [6.07, 6.45) is 9.93. The molecule has 0 bridgehead atoms. The van der Waals surface area contributed by atoms with E-state index in [0.717, 1.165) is 55.9 Å². The largest absolute Gasteiger partial charge is 0.483 e. The molecule has 3 aromatic rings. The van der Waals surface area contributed by atoms with Gasteiger partial charge in [-0.25, -0.2) is 9.50 Å². The van der Waals surface area contributed by atoms with Crippen molar-refractivity contribution in [3.05, 3.63) is 59.8 Å². The molecule has 0 aromatic carbocycles. The Morgan fingerprint density at radius 1 is 1.21 bits per heavy atom. The summed E-state index contributed by atoms with van der Waals surface area (Å²) >= 11 is 0. The molecule has 4 rings (SSSR count). The molecule has 0 atom stereocenters. The predicted molar refractivity (Wildman–Crippen MR) is 106 cm³/mol. The van der Waals surface area contributed by atoms with Crippen molar-refractivity contribution < 1.29 is 14.7 Å². The molecule has 1 amide bonds. The zero-order valence-electron chi connectivity index (χ0n) is 16.3. The first-order valence-electron chi connectivity index (χ1n) is 9.41. The molecule has 4 heterocycles. The number of fused-ring (bicyclic) bond motifs is 1. The second-order valence-corrected chi connectivity index (χ2v) is 6.78. The van der Waals surface area contributed by atoms with Gasteiger partial charge >= 0.3 is 0 Å². The minimum atomic E-state index is -0.250. The number of carbonyl (C=O) groups excluding carboxylic acids is 1. The number of carbonyl (C=O) groups is 2. The van der Waals surface area contributed by atoms with Crippen LogP contribution in [0.25, 0.3) is 5.65 Å². The zero-order valence-corrected chi connectivity index (χ0v) is 16.3. The van der Waals surface area contributed by atoms with Crippen LogP contribution in [-0.2, 0) is 11.3 Å². The average molecular weight is 396 g/mol. The Balaban J connectivity index is 0.000000755. The van der Waals surface area contributed by atoms with Crippen LogP contribution < -0.4 is 0 Å². The van der Waals surface area contributed by atoms with Crippen LogP contribution in [0.3, 0.4) is 0 Å². The summed E-state index contributed by atoms with van der Waals surface area (Å²) in [5, 5.41) is 11.2. The van der Waals surface area contributed by atoms with E-state index < -0.39 is 0 Å². The SMILES string of the molecule is Cc1ccncc1C(=O)N1CCCN(Cc2cnn3cccnc23)CC1.O=CO. The lowest BCUT2D eigenvalue weighted by Gasteiger charge is -2.22. The molecule has 0 aliphatic carbocycles. The van der Waals surface area contributed by atoms with Gasteiger partial charge in [0, 0.05) is 63.1 Å². The smallest absolute Gasteiger partial charge is 0.290 e. The summed E-state index contributed by atoms with van der Waals surface area (Å²) in [6.45, 7) is 5.80. The minimum Gasteiger partial charge on any atom is -0.483 e. The molecule has 1 N–H and O–H groups in total. The van der Waals surface area contributed by atoms with E-state index in [1.54, 1.807) is 23.1 Å². The maximum atomic E-state index is 12.8. The molecule has 0 radical (unpaired) electrons. The van der Waals surface area contributed by atoms with Gasteiger partial charge in [0.15, 0.2) is 5.65 Å². The monoisotopic (exact) mass is 396 g/mol. The van der Waals surface area contributed by atoms with Crippen LogP contribution in [0, 0.1) is 6.92 Å². The fraction of sp³-hybridized carbons (Fsp3) is 0.350. The Morgan fingerprint density at radius 3 is 2.83 bits per heavy atom. The molecule has 1 aliphatic heterocycles. The summed E-state index contributed by atoms with van der Waals surface area (Å²) in [5.74, 6) is 0.0788. The summed E-state index contributed by atoms with van der Waals surface area (Å²) in [6, 6.07) is 3.76. The van der Waals surface area contributed by atoms with E-state index in [2.05, 4.69) is 20.0 Å².